The Bertz CT molecular complexity index is 1360. The van der Waals surface area contributed by atoms with Crippen LogP contribution in [-0.4, -0.2) is 38.4 Å². The predicted molar refractivity (Wildman–Crippen MR) is 121 cm³/mol. The fourth-order valence-electron chi connectivity index (χ4n) is 3.27. The molecule has 0 atom stereocenters. The molecule has 4 aromatic rings. The third kappa shape index (κ3) is 4.53. The van der Waals surface area contributed by atoms with Crippen LogP contribution >= 0.6 is 19.2 Å². The summed E-state index contributed by atoms with van der Waals surface area (Å²) in [4.78, 5) is 41.7. The first-order valence-corrected chi connectivity index (χ1v) is 11.5. The van der Waals surface area contributed by atoms with E-state index in [2.05, 4.69) is 20.3 Å². The highest BCUT2D eigenvalue weighted by atomic mass is 35.5. The lowest BCUT2D eigenvalue weighted by molar-refractivity contribution is -0.661. The van der Waals surface area contributed by atoms with Crippen molar-refractivity contribution in [3.8, 4) is 17.1 Å². The van der Waals surface area contributed by atoms with Crippen molar-refractivity contribution in [1.29, 1.82) is 0 Å². The molecule has 0 radical (unpaired) electrons. The Morgan fingerprint density at radius 1 is 1.12 bits per heavy atom. The van der Waals surface area contributed by atoms with Crippen LogP contribution in [-0.2, 0) is 11.1 Å². The van der Waals surface area contributed by atoms with E-state index in [9.17, 15) is 19.1 Å². The molecule has 2 aromatic heterocycles. The first-order valence-electron chi connectivity index (χ1n) is 9.55. The van der Waals surface area contributed by atoms with Crippen LogP contribution in [0.2, 0.25) is 5.02 Å². The lowest BCUT2D eigenvalue weighted by Gasteiger charge is -2.07. The normalized spacial score (nSPS) is 11.6. The molecule has 12 heteroatoms. The molecule has 5 N–H and O–H groups in total. The monoisotopic (exact) mass is 476 g/mol. The number of rotatable bonds is 7. The van der Waals surface area contributed by atoms with Gasteiger partial charge in [-0.25, -0.2) is 9.55 Å². The van der Waals surface area contributed by atoms with Crippen LogP contribution in [0.3, 0.4) is 0 Å². The number of hydrogen-bond donors (Lipinski definition) is 5. The number of halogens is 1. The molecule has 32 heavy (non-hydrogen) atoms. The lowest BCUT2D eigenvalue weighted by atomic mass is 10.2. The van der Waals surface area contributed by atoms with E-state index < -0.39 is 7.60 Å². The quantitative estimate of drug-likeness (QED) is 0.202. The molecule has 4 rings (SSSR count). The molecule has 2 aromatic carbocycles. The van der Waals surface area contributed by atoms with Crippen molar-refractivity contribution >= 4 is 41.6 Å². The largest absolute Gasteiger partial charge is 0.489 e. The summed E-state index contributed by atoms with van der Waals surface area (Å²) in [5, 5.41) is 3.31. The average Bonchev–Trinajstić information content (AvgIpc) is 3.13. The third-order valence-corrected chi connectivity index (χ3v) is 6.01. The maximum atomic E-state index is 12.7. The summed E-state index contributed by atoms with van der Waals surface area (Å²) in [7, 11) is -2.72. The van der Waals surface area contributed by atoms with Crippen LogP contribution in [0.4, 0.5) is 5.95 Å². The Hall–Kier alpha value is -3.17. The third-order valence-electron chi connectivity index (χ3n) is 4.78. The van der Waals surface area contributed by atoms with E-state index in [1.165, 1.54) is 12.1 Å². The SMILES string of the molecule is CNc1nc2[nH]c(-c3ccc(P(=O)(O)O)cc3)[n+](CCOc3ccc(Cl)cc3)c2c(=O)[nH]1. The summed E-state index contributed by atoms with van der Waals surface area (Å²) in [6.45, 7) is 0.557. The Balaban J connectivity index is 1.73. The van der Waals surface area contributed by atoms with Gasteiger partial charge in [-0.1, -0.05) is 11.6 Å². The van der Waals surface area contributed by atoms with Crippen LogP contribution < -0.4 is 25.5 Å². The maximum absolute atomic E-state index is 12.7. The lowest BCUT2D eigenvalue weighted by Crippen LogP contribution is -2.41. The number of ether oxygens (including phenoxy) is 1. The molecule has 0 spiro atoms. The van der Waals surface area contributed by atoms with Gasteiger partial charge in [-0.3, -0.25) is 14.3 Å². The highest BCUT2D eigenvalue weighted by Gasteiger charge is 2.26. The molecule has 0 saturated carbocycles. The molecule has 166 valence electrons. The van der Waals surface area contributed by atoms with E-state index in [0.29, 0.717) is 45.8 Å². The number of benzene rings is 2. The predicted octanol–water partition coefficient (Wildman–Crippen LogP) is 1.78. The van der Waals surface area contributed by atoms with Gasteiger partial charge in [0.05, 0.1) is 10.9 Å². The zero-order valence-corrected chi connectivity index (χ0v) is 18.5. The number of nitrogens with zero attached hydrogens (tertiary/aromatic N) is 2. The van der Waals surface area contributed by atoms with Crippen molar-refractivity contribution in [3.05, 3.63) is 63.9 Å². The van der Waals surface area contributed by atoms with Gasteiger partial charge in [-0.15, -0.1) is 0 Å². The van der Waals surface area contributed by atoms with Crippen LogP contribution in [0.25, 0.3) is 22.6 Å². The molecule has 0 bridgehead atoms. The van der Waals surface area contributed by atoms with Crippen molar-refractivity contribution in [2.24, 2.45) is 0 Å². The number of H-pyrrole nitrogens is 2. The minimum atomic E-state index is -4.37. The second-order valence-electron chi connectivity index (χ2n) is 6.88. The minimum absolute atomic E-state index is 0.0941. The molecule has 0 fully saturated rings. The Labute approximate surface area is 187 Å². The minimum Gasteiger partial charge on any atom is -0.489 e. The summed E-state index contributed by atoms with van der Waals surface area (Å²) >= 11 is 5.90. The van der Waals surface area contributed by atoms with Gasteiger partial charge in [-0.2, -0.15) is 4.98 Å². The Morgan fingerprint density at radius 2 is 1.81 bits per heavy atom. The number of nitrogens with one attached hydrogen (secondary N) is 3. The number of hydrogen-bond acceptors (Lipinski definition) is 5. The number of aromatic amines is 2. The van der Waals surface area contributed by atoms with Crippen molar-refractivity contribution in [1.82, 2.24) is 15.0 Å². The van der Waals surface area contributed by atoms with Crippen LogP contribution in [0.5, 0.6) is 5.75 Å². The van der Waals surface area contributed by atoms with Gasteiger partial charge in [0.15, 0.2) is 0 Å². The molecule has 0 aliphatic rings. The smallest absolute Gasteiger partial charge is 0.356 e. The van der Waals surface area contributed by atoms with Crippen molar-refractivity contribution in [2.75, 3.05) is 19.0 Å². The number of aromatic nitrogens is 4. The summed E-state index contributed by atoms with van der Waals surface area (Å²) in [6.07, 6.45) is 0. The molecule has 0 unspecified atom stereocenters. The standard InChI is InChI=1S/C20H19ClN5O5P/c1-22-20-24-17-16(19(27)25-20)26(10-11-31-14-6-4-13(21)5-7-14)18(23-17)12-2-8-15(9-3-12)32(28,29)30/h2-9H,10-11H2,1H3,(H4,22,24,25,27,28,29,30)/p+1. The highest BCUT2D eigenvalue weighted by Crippen LogP contribution is 2.33. The van der Waals surface area contributed by atoms with Gasteiger partial charge in [-0.05, 0) is 48.5 Å². The second kappa shape index (κ2) is 8.76. The zero-order valence-electron chi connectivity index (χ0n) is 16.9. The number of imidazole rings is 1. The summed E-state index contributed by atoms with van der Waals surface area (Å²) < 4.78 is 19.0. The molecule has 0 aliphatic carbocycles. The second-order valence-corrected chi connectivity index (χ2v) is 8.92. The maximum Gasteiger partial charge on any atom is 0.356 e. The van der Waals surface area contributed by atoms with Gasteiger partial charge in [0, 0.05) is 12.1 Å². The fourth-order valence-corrected chi connectivity index (χ4v) is 3.93. The first-order chi connectivity index (χ1) is 15.3. The van der Waals surface area contributed by atoms with Crippen molar-refractivity contribution in [3.63, 3.8) is 0 Å². The summed E-state index contributed by atoms with van der Waals surface area (Å²) in [6, 6.07) is 12.8. The van der Waals surface area contributed by atoms with E-state index >= 15 is 0 Å². The van der Waals surface area contributed by atoms with Gasteiger partial charge in [0.25, 0.3) is 17.0 Å². The van der Waals surface area contributed by atoms with Crippen molar-refractivity contribution < 1.29 is 23.7 Å². The molecule has 0 amide bonds. The average molecular weight is 477 g/mol. The van der Waals surface area contributed by atoms with Crippen LogP contribution in [0, 0.1) is 0 Å². The number of fused-ring (bicyclic) bond motifs is 1. The van der Waals surface area contributed by atoms with Gasteiger partial charge in [0.2, 0.25) is 5.95 Å². The Morgan fingerprint density at radius 3 is 2.44 bits per heavy atom. The van der Waals surface area contributed by atoms with Gasteiger partial charge in [0.1, 0.15) is 18.9 Å². The molecule has 0 saturated heterocycles. The Kier molecular flexibility index (Phi) is 6.03. The van der Waals surface area contributed by atoms with E-state index in [1.54, 1.807) is 48.0 Å². The van der Waals surface area contributed by atoms with E-state index in [4.69, 9.17) is 16.3 Å². The van der Waals surface area contributed by atoms with Gasteiger partial charge >= 0.3 is 13.2 Å². The first kappa shape index (κ1) is 22.0. The van der Waals surface area contributed by atoms with Crippen molar-refractivity contribution in [2.45, 2.75) is 6.54 Å². The van der Waals surface area contributed by atoms with E-state index in [1.807, 2.05) is 0 Å². The molecule has 2 heterocycles. The van der Waals surface area contributed by atoms with E-state index in [0.717, 1.165) is 0 Å². The zero-order chi connectivity index (χ0) is 22.9. The fraction of sp³-hybridized carbons (Fsp3) is 0.150. The molecule has 0 aliphatic heterocycles. The van der Waals surface area contributed by atoms with Crippen LogP contribution in [0.1, 0.15) is 0 Å². The number of anilines is 1. The van der Waals surface area contributed by atoms with E-state index in [-0.39, 0.29) is 17.5 Å². The summed E-state index contributed by atoms with van der Waals surface area (Å²) in [5.41, 5.74) is 0.953. The van der Waals surface area contributed by atoms with Crippen LogP contribution in [0.15, 0.2) is 53.3 Å². The summed E-state index contributed by atoms with van der Waals surface area (Å²) in [5.74, 6) is 1.48. The highest BCUT2D eigenvalue weighted by molar-refractivity contribution is 7.60. The van der Waals surface area contributed by atoms with Gasteiger partial charge < -0.3 is 19.8 Å². The molecular formula is C20H20ClN5O5P+. The molecular weight excluding hydrogens is 457 g/mol. The topological polar surface area (TPSA) is 144 Å². The molecule has 10 nitrogen and oxygen atoms in total.